The van der Waals surface area contributed by atoms with E-state index in [1.807, 2.05) is 7.05 Å². The minimum atomic E-state index is -0.258. The molecule has 0 spiro atoms. The molecular weight excluding hydrogens is 208 g/mol. The smallest absolute Gasteiger partial charge is 0.307 e. The molecular formula is C11H20N2O3. The summed E-state index contributed by atoms with van der Waals surface area (Å²) in [5.74, 6) is -0.132. The van der Waals surface area contributed by atoms with Crippen molar-refractivity contribution >= 4 is 11.9 Å². The molecule has 1 unspecified atom stereocenters. The molecule has 92 valence electrons. The van der Waals surface area contributed by atoms with Crippen molar-refractivity contribution in [3.8, 4) is 0 Å². The molecule has 5 heteroatoms. The zero-order chi connectivity index (χ0) is 12.0. The summed E-state index contributed by atoms with van der Waals surface area (Å²) >= 11 is 0. The van der Waals surface area contributed by atoms with Gasteiger partial charge in [-0.3, -0.25) is 9.59 Å². The Morgan fingerprint density at radius 3 is 2.81 bits per heavy atom. The highest BCUT2D eigenvalue weighted by molar-refractivity contribution is 5.79. The van der Waals surface area contributed by atoms with Crippen LogP contribution in [0.25, 0.3) is 0 Å². The number of likely N-dealkylation sites (tertiary alicyclic amines) is 1. The van der Waals surface area contributed by atoms with Crippen LogP contribution in [-0.4, -0.2) is 50.1 Å². The van der Waals surface area contributed by atoms with Crippen LogP contribution >= 0.6 is 0 Å². The first kappa shape index (κ1) is 13.0. The van der Waals surface area contributed by atoms with Crippen molar-refractivity contribution in [2.45, 2.75) is 19.8 Å². The highest BCUT2D eigenvalue weighted by Crippen LogP contribution is 2.13. The predicted molar refractivity (Wildman–Crippen MR) is 59.9 cm³/mol. The number of ether oxygens (including phenoxy) is 1. The Labute approximate surface area is 96.1 Å². The van der Waals surface area contributed by atoms with Gasteiger partial charge in [-0.15, -0.1) is 0 Å². The second-order valence-electron chi connectivity index (χ2n) is 4.09. The van der Waals surface area contributed by atoms with Crippen LogP contribution in [0.2, 0.25) is 0 Å². The third-order valence-electron chi connectivity index (χ3n) is 2.70. The summed E-state index contributed by atoms with van der Waals surface area (Å²) in [4.78, 5) is 24.8. The van der Waals surface area contributed by atoms with Crippen LogP contribution < -0.4 is 5.32 Å². The van der Waals surface area contributed by atoms with Crippen molar-refractivity contribution in [1.29, 1.82) is 0 Å². The van der Waals surface area contributed by atoms with E-state index in [0.29, 0.717) is 13.2 Å². The average molecular weight is 228 g/mol. The molecule has 16 heavy (non-hydrogen) atoms. The van der Waals surface area contributed by atoms with E-state index in [4.69, 9.17) is 4.74 Å². The van der Waals surface area contributed by atoms with E-state index in [0.717, 1.165) is 19.5 Å². The SMILES string of the molecule is CCOC(=O)CCNC(=O)C1CCN(C)C1. The number of carbonyl (C=O) groups excluding carboxylic acids is 2. The lowest BCUT2D eigenvalue weighted by molar-refractivity contribution is -0.143. The Morgan fingerprint density at radius 2 is 2.25 bits per heavy atom. The van der Waals surface area contributed by atoms with Crippen LogP contribution in [-0.2, 0) is 14.3 Å². The Bertz CT molecular complexity index is 256. The molecule has 1 fully saturated rings. The van der Waals surface area contributed by atoms with Crippen LogP contribution in [0, 0.1) is 5.92 Å². The summed E-state index contributed by atoms with van der Waals surface area (Å²) in [6, 6.07) is 0. The first-order chi connectivity index (χ1) is 7.63. The van der Waals surface area contributed by atoms with E-state index in [9.17, 15) is 9.59 Å². The van der Waals surface area contributed by atoms with Gasteiger partial charge in [0, 0.05) is 13.1 Å². The molecule has 0 aromatic heterocycles. The Kier molecular flexibility index (Phi) is 5.25. The highest BCUT2D eigenvalue weighted by Gasteiger charge is 2.25. The normalized spacial score (nSPS) is 20.8. The largest absolute Gasteiger partial charge is 0.466 e. The molecule has 1 rings (SSSR count). The van der Waals surface area contributed by atoms with Crippen molar-refractivity contribution in [3.63, 3.8) is 0 Å². The van der Waals surface area contributed by atoms with Crippen molar-refractivity contribution < 1.29 is 14.3 Å². The van der Waals surface area contributed by atoms with Crippen LogP contribution in [0.3, 0.4) is 0 Å². The van der Waals surface area contributed by atoms with E-state index in [1.54, 1.807) is 6.92 Å². The van der Waals surface area contributed by atoms with Crippen molar-refractivity contribution in [2.75, 3.05) is 33.3 Å². The summed E-state index contributed by atoms with van der Waals surface area (Å²) in [5, 5.41) is 2.77. The molecule has 0 aromatic carbocycles. The Hall–Kier alpha value is -1.10. The van der Waals surface area contributed by atoms with Gasteiger partial charge in [-0.2, -0.15) is 0 Å². The number of hydrogen-bond donors (Lipinski definition) is 1. The lowest BCUT2D eigenvalue weighted by Crippen LogP contribution is -2.33. The fourth-order valence-corrected chi connectivity index (χ4v) is 1.81. The third kappa shape index (κ3) is 4.18. The molecule has 0 aliphatic carbocycles. The molecule has 1 heterocycles. The fourth-order valence-electron chi connectivity index (χ4n) is 1.81. The summed E-state index contributed by atoms with van der Waals surface area (Å²) in [7, 11) is 2.01. The summed E-state index contributed by atoms with van der Waals surface area (Å²) < 4.78 is 4.77. The van der Waals surface area contributed by atoms with Gasteiger partial charge in [0.2, 0.25) is 5.91 Å². The number of rotatable bonds is 5. The van der Waals surface area contributed by atoms with Crippen LogP contribution in [0.1, 0.15) is 19.8 Å². The fraction of sp³-hybridized carbons (Fsp3) is 0.818. The number of nitrogens with zero attached hydrogens (tertiary/aromatic N) is 1. The average Bonchev–Trinajstić information content (AvgIpc) is 2.65. The maximum absolute atomic E-state index is 11.6. The quantitative estimate of drug-likeness (QED) is 0.673. The third-order valence-corrected chi connectivity index (χ3v) is 2.70. The summed E-state index contributed by atoms with van der Waals surface area (Å²) in [6.07, 6.45) is 1.16. The molecule has 0 aromatic rings. The number of amides is 1. The van der Waals surface area contributed by atoms with E-state index < -0.39 is 0 Å². The molecule has 0 saturated carbocycles. The lowest BCUT2D eigenvalue weighted by Gasteiger charge is -2.10. The number of nitrogens with one attached hydrogen (secondary N) is 1. The maximum atomic E-state index is 11.6. The minimum absolute atomic E-state index is 0.0497. The van der Waals surface area contributed by atoms with E-state index in [-0.39, 0.29) is 24.2 Å². The van der Waals surface area contributed by atoms with Gasteiger partial charge >= 0.3 is 5.97 Å². The zero-order valence-electron chi connectivity index (χ0n) is 9.99. The maximum Gasteiger partial charge on any atom is 0.307 e. The van der Waals surface area contributed by atoms with Crippen LogP contribution in [0.5, 0.6) is 0 Å². The Balaban J connectivity index is 2.13. The summed E-state index contributed by atoms with van der Waals surface area (Å²) in [5.41, 5.74) is 0. The number of esters is 1. The molecule has 1 saturated heterocycles. The van der Waals surface area contributed by atoms with Gasteiger partial charge in [0.1, 0.15) is 0 Å². The molecule has 0 bridgehead atoms. The molecule has 1 atom stereocenters. The van der Waals surface area contributed by atoms with Gasteiger partial charge in [-0.1, -0.05) is 0 Å². The molecule has 0 radical (unpaired) electrons. The molecule has 1 aliphatic rings. The molecule has 1 aliphatic heterocycles. The molecule has 1 N–H and O–H groups in total. The Morgan fingerprint density at radius 1 is 1.50 bits per heavy atom. The van der Waals surface area contributed by atoms with E-state index in [2.05, 4.69) is 10.2 Å². The first-order valence-corrected chi connectivity index (χ1v) is 5.75. The van der Waals surface area contributed by atoms with Gasteiger partial charge in [-0.25, -0.2) is 0 Å². The second-order valence-corrected chi connectivity index (χ2v) is 4.09. The first-order valence-electron chi connectivity index (χ1n) is 5.75. The summed E-state index contributed by atoms with van der Waals surface area (Å²) in [6.45, 7) is 4.31. The van der Waals surface area contributed by atoms with Gasteiger partial charge in [0.25, 0.3) is 0 Å². The second kappa shape index (κ2) is 6.48. The lowest BCUT2D eigenvalue weighted by atomic mass is 10.1. The van der Waals surface area contributed by atoms with Crippen molar-refractivity contribution in [3.05, 3.63) is 0 Å². The van der Waals surface area contributed by atoms with Crippen LogP contribution in [0.15, 0.2) is 0 Å². The van der Waals surface area contributed by atoms with Gasteiger partial charge < -0.3 is 15.0 Å². The zero-order valence-corrected chi connectivity index (χ0v) is 9.99. The number of hydrogen-bond acceptors (Lipinski definition) is 4. The van der Waals surface area contributed by atoms with Crippen molar-refractivity contribution in [2.24, 2.45) is 5.92 Å². The standard InChI is InChI=1S/C11H20N2O3/c1-3-16-10(14)4-6-12-11(15)9-5-7-13(2)8-9/h9H,3-8H2,1-2H3,(H,12,15). The topological polar surface area (TPSA) is 58.6 Å². The van der Waals surface area contributed by atoms with Crippen molar-refractivity contribution in [1.82, 2.24) is 10.2 Å². The van der Waals surface area contributed by atoms with Gasteiger partial charge in [0.05, 0.1) is 18.9 Å². The molecule has 1 amide bonds. The molecule has 5 nitrogen and oxygen atoms in total. The van der Waals surface area contributed by atoms with E-state index in [1.165, 1.54) is 0 Å². The van der Waals surface area contributed by atoms with Gasteiger partial charge in [-0.05, 0) is 26.9 Å². The minimum Gasteiger partial charge on any atom is -0.466 e. The highest BCUT2D eigenvalue weighted by atomic mass is 16.5. The monoisotopic (exact) mass is 228 g/mol. The number of carbonyl (C=O) groups is 2. The van der Waals surface area contributed by atoms with Crippen LogP contribution in [0.4, 0.5) is 0 Å². The van der Waals surface area contributed by atoms with E-state index >= 15 is 0 Å². The predicted octanol–water partition coefficient (Wildman–Crippen LogP) is 0.00750. The van der Waals surface area contributed by atoms with Gasteiger partial charge in [0.15, 0.2) is 0 Å².